The number of fused-ring (bicyclic) bond motifs is 2. The molecule has 30 heavy (non-hydrogen) atoms. The van der Waals surface area contributed by atoms with Crippen LogP contribution in [0.25, 0.3) is 44.6 Å². The van der Waals surface area contributed by atoms with Crippen LogP contribution < -0.4 is 5.32 Å². The summed E-state index contributed by atoms with van der Waals surface area (Å²) >= 11 is 0. The molecular weight excluding hydrogens is 376 g/mol. The molecule has 0 aliphatic heterocycles. The van der Waals surface area contributed by atoms with Gasteiger partial charge in [-0.2, -0.15) is 5.10 Å². The van der Waals surface area contributed by atoms with E-state index in [1.165, 1.54) is 0 Å². The number of carbonyl (C=O) groups is 1. The van der Waals surface area contributed by atoms with E-state index in [0.717, 1.165) is 44.6 Å². The predicted octanol–water partition coefficient (Wildman–Crippen LogP) is 4.76. The molecule has 0 saturated heterocycles. The SMILES string of the molecule is CC(C)C(=O)Nc1cncc(-c2ccc3[nH]nc(-c4cc5ccccc5[nH]4)c3n2)c1. The highest BCUT2D eigenvalue weighted by Crippen LogP contribution is 2.29. The van der Waals surface area contributed by atoms with Gasteiger partial charge in [-0.05, 0) is 30.3 Å². The molecule has 0 radical (unpaired) electrons. The second kappa shape index (κ2) is 7.11. The van der Waals surface area contributed by atoms with Gasteiger partial charge in [-0.3, -0.25) is 14.9 Å². The summed E-state index contributed by atoms with van der Waals surface area (Å²) in [6, 6.07) is 15.9. The standard InChI is InChI=1S/C23H20N6O/c1-13(2)23(30)25-16-9-15(11-24-12-16)18-7-8-19-21(27-18)22(29-28-19)20-10-14-5-3-4-6-17(14)26-20/h3-13,26H,1-2H3,(H,25,30)(H,28,29). The van der Waals surface area contributed by atoms with Crippen LogP contribution in [0, 0.1) is 5.92 Å². The summed E-state index contributed by atoms with van der Waals surface area (Å²) in [6.07, 6.45) is 3.37. The van der Waals surface area contributed by atoms with Gasteiger partial charge in [-0.1, -0.05) is 32.0 Å². The number of aromatic nitrogens is 5. The topological polar surface area (TPSA) is 99.4 Å². The summed E-state index contributed by atoms with van der Waals surface area (Å²) in [5, 5.41) is 11.5. The highest BCUT2D eigenvalue weighted by molar-refractivity contribution is 5.95. The van der Waals surface area contributed by atoms with E-state index in [9.17, 15) is 4.79 Å². The van der Waals surface area contributed by atoms with E-state index in [1.807, 2.05) is 50.2 Å². The van der Waals surface area contributed by atoms with Crippen molar-refractivity contribution in [3.63, 3.8) is 0 Å². The first-order chi connectivity index (χ1) is 14.6. The number of hydrogen-bond donors (Lipinski definition) is 3. The Kier molecular flexibility index (Phi) is 4.28. The van der Waals surface area contributed by atoms with E-state index in [0.29, 0.717) is 5.69 Å². The average molecular weight is 396 g/mol. The van der Waals surface area contributed by atoms with Crippen LogP contribution in [0.2, 0.25) is 0 Å². The van der Waals surface area contributed by atoms with Gasteiger partial charge in [0.15, 0.2) is 0 Å². The molecular formula is C23H20N6O. The van der Waals surface area contributed by atoms with Crippen LogP contribution >= 0.6 is 0 Å². The van der Waals surface area contributed by atoms with E-state index >= 15 is 0 Å². The van der Waals surface area contributed by atoms with Crippen molar-refractivity contribution in [1.82, 2.24) is 25.1 Å². The van der Waals surface area contributed by atoms with Crippen molar-refractivity contribution in [3.05, 3.63) is 60.9 Å². The third-order valence-electron chi connectivity index (χ3n) is 5.02. The van der Waals surface area contributed by atoms with Crippen molar-refractivity contribution in [3.8, 4) is 22.6 Å². The maximum atomic E-state index is 12.0. The quantitative estimate of drug-likeness (QED) is 0.408. The number of anilines is 1. The Balaban J connectivity index is 1.55. The fraction of sp³-hybridized carbons (Fsp3) is 0.130. The van der Waals surface area contributed by atoms with Crippen molar-refractivity contribution in [2.75, 3.05) is 5.32 Å². The van der Waals surface area contributed by atoms with Crippen LogP contribution in [0.5, 0.6) is 0 Å². The molecule has 0 spiro atoms. The number of H-pyrrole nitrogens is 2. The molecule has 0 aliphatic rings. The van der Waals surface area contributed by atoms with Crippen molar-refractivity contribution in [2.24, 2.45) is 5.92 Å². The highest BCUT2D eigenvalue weighted by atomic mass is 16.1. The van der Waals surface area contributed by atoms with Gasteiger partial charge in [0.2, 0.25) is 5.91 Å². The van der Waals surface area contributed by atoms with Gasteiger partial charge in [0, 0.05) is 28.6 Å². The normalized spacial score (nSPS) is 11.4. The van der Waals surface area contributed by atoms with Crippen LogP contribution in [0.3, 0.4) is 0 Å². The van der Waals surface area contributed by atoms with Crippen molar-refractivity contribution in [2.45, 2.75) is 13.8 Å². The molecule has 3 N–H and O–H groups in total. The zero-order chi connectivity index (χ0) is 20.7. The first-order valence-electron chi connectivity index (χ1n) is 9.78. The Morgan fingerprint density at radius 1 is 1.03 bits per heavy atom. The lowest BCUT2D eigenvalue weighted by molar-refractivity contribution is -0.118. The first-order valence-corrected chi connectivity index (χ1v) is 9.78. The monoisotopic (exact) mass is 396 g/mol. The molecule has 0 atom stereocenters. The van der Waals surface area contributed by atoms with Crippen LogP contribution in [-0.2, 0) is 4.79 Å². The molecule has 4 aromatic heterocycles. The molecule has 4 heterocycles. The predicted molar refractivity (Wildman–Crippen MR) is 118 cm³/mol. The Morgan fingerprint density at radius 3 is 2.73 bits per heavy atom. The Morgan fingerprint density at radius 2 is 1.90 bits per heavy atom. The molecule has 5 aromatic rings. The van der Waals surface area contributed by atoms with Gasteiger partial charge < -0.3 is 10.3 Å². The second-order valence-electron chi connectivity index (χ2n) is 7.54. The van der Waals surface area contributed by atoms with Crippen LogP contribution in [0.4, 0.5) is 5.69 Å². The average Bonchev–Trinajstić information content (AvgIpc) is 3.37. The lowest BCUT2D eigenvalue weighted by atomic mass is 10.1. The molecule has 7 heteroatoms. The summed E-state index contributed by atoms with van der Waals surface area (Å²) in [5.41, 5.74) is 6.58. The minimum Gasteiger partial charge on any atom is -0.353 e. The van der Waals surface area contributed by atoms with Crippen molar-refractivity contribution >= 4 is 33.5 Å². The van der Waals surface area contributed by atoms with Gasteiger partial charge in [0.1, 0.15) is 11.2 Å². The van der Waals surface area contributed by atoms with E-state index < -0.39 is 0 Å². The number of nitrogens with zero attached hydrogens (tertiary/aromatic N) is 3. The molecule has 7 nitrogen and oxygen atoms in total. The molecule has 148 valence electrons. The highest BCUT2D eigenvalue weighted by Gasteiger charge is 2.14. The molecule has 5 rings (SSSR count). The molecule has 0 saturated carbocycles. The number of rotatable bonds is 4. The molecule has 1 aromatic carbocycles. The summed E-state index contributed by atoms with van der Waals surface area (Å²) in [5.74, 6) is -0.152. The number of para-hydroxylation sites is 1. The zero-order valence-corrected chi connectivity index (χ0v) is 16.6. The molecule has 1 amide bonds. The number of amides is 1. The summed E-state index contributed by atoms with van der Waals surface area (Å²) in [4.78, 5) is 24.5. The smallest absolute Gasteiger partial charge is 0.226 e. The molecule has 0 bridgehead atoms. The maximum Gasteiger partial charge on any atom is 0.226 e. The van der Waals surface area contributed by atoms with Crippen molar-refractivity contribution < 1.29 is 4.79 Å². The number of aromatic amines is 2. The van der Waals surface area contributed by atoms with Crippen LogP contribution in [-0.4, -0.2) is 31.1 Å². The lowest BCUT2D eigenvalue weighted by Gasteiger charge is -2.08. The molecule has 0 unspecified atom stereocenters. The minimum absolute atomic E-state index is 0.0479. The fourth-order valence-electron chi connectivity index (χ4n) is 3.38. The van der Waals surface area contributed by atoms with Crippen molar-refractivity contribution in [1.29, 1.82) is 0 Å². The molecule has 0 aliphatic carbocycles. The van der Waals surface area contributed by atoms with Gasteiger partial charge in [0.25, 0.3) is 0 Å². The summed E-state index contributed by atoms with van der Waals surface area (Å²) < 4.78 is 0. The van der Waals surface area contributed by atoms with Crippen LogP contribution in [0.15, 0.2) is 60.9 Å². The number of hydrogen-bond acceptors (Lipinski definition) is 4. The second-order valence-corrected chi connectivity index (χ2v) is 7.54. The van der Waals surface area contributed by atoms with E-state index in [-0.39, 0.29) is 11.8 Å². The lowest BCUT2D eigenvalue weighted by Crippen LogP contribution is -2.17. The number of carbonyl (C=O) groups excluding carboxylic acids is 1. The van der Waals surface area contributed by atoms with E-state index in [2.05, 4.69) is 37.6 Å². The minimum atomic E-state index is -0.104. The Bertz CT molecular complexity index is 1350. The fourth-order valence-corrected chi connectivity index (χ4v) is 3.38. The van der Waals surface area contributed by atoms with Gasteiger partial charge in [0.05, 0.1) is 28.8 Å². The summed E-state index contributed by atoms with van der Waals surface area (Å²) in [6.45, 7) is 3.71. The Hall–Kier alpha value is -4.00. The summed E-state index contributed by atoms with van der Waals surface area (Å²) in [7, 11) is 0. The largest absolute Gasteiger partial charge is 0.353 e. The van der Waals surface area contributed by atoms with E-state index in [1.54, 1.807) is 12.4 Å². The number of benzene rings is 1. The first kappa shape index (κ1) is 18.1. The van der Waals surface area contributed by atoms with Crippen LogP contribution in [0.1, 0.15) is 13.8 Å². The third-order valence-corrected chi connectivity index (χ3v) is 5.02. The maximum absolute atomic E-state index is 12.0. The zero-order valence-electron chi connectivity index (χ0n) is 16.6. The van der Waals surface area contributed by atoms with Gasteiger partial charge >= 0.3 is 0 Å². The molecule has 0 fully saturated rings. The Labute approximate surface area is 172 Å². The van der Waals surface area contributed by atoms with Gasteiger partial charge in [-0.15, -0.1) is 0 Å². The van der Waals surface area contributed by atoms with E-state index in [4.69, 9.17) is 4.98 Å². The number of nitrogens with one attached hydrogen (secondary N) is 3. The third kappa shape index (κ3) is 3.20. The van der Waals surface area contributed by atoms with Gasteiger partial charge in [-0.25, -0.2) is 4.98 Å². The number of pyridine rings is 2.